The van der Waals surface area contributed by atoms with E-state index in [9.17, 15) is 0 Å². The molecule has 0 amide bonds. The van der Waals surface area contributed by atoms with Crippen molar-refractivity contribution in [1.29, 1.82) is 0 Å². The van der Waals surface area contributed by atoms with Crippen molar-refractivity contribution in [3.63, 3.8) is 0 Å². The molecule has 3 rings (SSSR count). The molecule has 3 aliphatic rings. The zero-order chi connectivity index (χ0) is 14.1. The molecule has 116 valence electrons. The van der Waals surface area contributed by atoms with E-state index >= 15 is 0 Å². The smallest absolute Gasteiger partial charge is 0.0593 e. The molecule has 2 saturated carbocycles. The van der Waals surface area contributed by atoms with Gasteiger partial charge >= 0.3 is 0 Å². The van der Waals surface area contributed by atoms with Crippen molar-refractivity contribution in [1.82, 2.24) is 10.2 Å². The third-order valence-electron chi connectivity index (χ3n) is 6.01. The largest absolute Gasteiger partial charge is 0.380 e. The van der Waals surface area contributed by atoms with Gasteiger partial charge in [-0.3, -0.25) is 4.90 Å². The highest BCUT2D eigenvalue weighted by molar-refractivity contribution is 5.09. The van der Waals surface area contributed by atoms with Gasteiger partial charge in [0.2, 0.25) is 0 Å². The lowest BCUT2D eigenvalue weighted by Gasteiger charge is -2.55. The molecule has 1 spiro atoms. The lowest BCUT2D eigenvalue weighted by molar-refractivity contribution is -0.0274. The fourth-order valence-electron chi connectivity index (χ4n) is 4.40. The van der Waals surface area contributed by atoms with Gasteiger partial charge < -0.3 is 10.1 Å². The van der Waals surface area contributed by atoms with Gasteiger partial charge in [-0.15, -0.1) is 0 Å². The predicted molar refractivity (Wildman–Crippen MR) is 83.0 cm³/mol. The Bertz CT molecular complexity index is 323. The van der Waals surface area contributed by atoms with E-state index < -0.39 is 0 Å². The molecular formula is C17H32N2O. The Morgan fingerprint density at radius 2 is 1.95 bits per heavy atom. The van der Waals surface area contributed by atoms with Crippen LogP contribution in [0.25, 0.3) is 0 Å². The van der Waals surface area contributed by atoms with E-state index in [0.29, 0.717) is 11.1 Å². The van der Waals surface area contributed by atoms with Crippen LogP contribution in [0, 0.1) is 5.92 Å². The maximum Gasteiger partial charge on any atom is 0.0593 e. The minimum atomic E-state index is 0.375. The Kier molecular flexibility index (Phi) is 4.40. The van der Waals surface area contributed by atoms with Gasteiger partial charge in [0.25, 0.3) is 0 Å². The van der Waals surface area contributed by atoms with Gasteiger partial charge in [-0.2, -0.15) is 0 Å². The molecule has 0 radical (unpaired) electrons. The molecule has 1 unspecified atom stereocenters. The topological polar surface area (TPSA) is 24.5 Å². The molecule has 1 N–H and O–H groups in total. The van der Waals surface area contributed by atoms with Crippen molar-refractivity contribution in [2.75, 3.05) is 32.8 Å². The Labute approximate surface area is 124 Å². The summed E-state index contributed by atoms with van der Waals surface area (Å²) in [5.41, 5.74) is 0.790. The summed E-state index contributed by atoms with van der Waals surface area (Å²) in [6, 6.07) is 0. The highest BCUT2D eigenvalue weighted by atomic mass is 16.5. The van der Waals surface area contributed by atoms with Gasteiger partial charge in [0.05, 0.1) is 6.61 Å². The first kappa shape index (κ1) is 14.8. The van der Waals surface area contributed by atoms with Crippen LogP contribution in [0.5, 0.6) is 0 Å². The molecule has 0 bridgehead atoms. The summed E-state index contributed by atoms with van der Waals surface area (Å²) in [5.74, 6) is 0.914. The molecule has 20 heavy (non-hydrogen) atoms. The number of ether oxygens (including phenoxy) is 1. The van der Waals surface area contributed by atoms with Gasteiger partial charge in [-0.25, -0.2) is 0 Å². The summed E-state index contributed by atoms with van der Waals surface area (Å²) < 4.78 is 5.64. The first-order valence-electron chi connectivity index (χ1n) is 8.76. The fraction of sp³-hybridized carbons (Fsp3) is 1.00. The first-order valence-corrected chi connectivity index (χ1v) is 8.76. The van der Waals surface area contributed by atoms with Crippen LogP contribution in [0.3, 0.4) is 0 Å². The molecule has 3 heteroatoms. The van der Waals surface area contributed by atoms with Crippen molar-refractivity contribution in [3.05, 3.63) is 0 Å². The van der Waals surface area contributed by atoms with E-state index in [1.165, 1.54) is 58.0 Å². The minimum absolute atomic E-state index is 0.375. The number of hydrogen-bond donors (Lipinski definition) is 1. The van der Waals surface area contributed by atoms with Crippen molar-refractivity contribution in [3.8, 4) is 0 Å². The second kappa shape index (κ2) is 5.94. The summed E-state index contributed by atoms with van der Waals surface area (Å²) in [4.78, 5) is 2.78. The summed E-state index contributed by atoms with van der Waals surface area (Å²) >= 11 is 0. The number of hydrogen-bond acceptors (Lipinski definition) is 3. The summed E-state index contributed by atoms with van der Waals surface area (Å²) in [6.07, 6.45) is 9.85. The van der Waals surface area contributed by atoms with Gasteiger partial charge in [0.15, 0.2) is 0 Å². The molecule has 1 saturated heterocycles. The van der Waals surface area contributed by atoms with E-state index in [1.807, 2.05) is 0 Å². The molecule has 0 aromatic rings. The van der Waals surface area contributed by atoms with Crippen LogP contribution in [0.15, 0.2) is 0 Å². The van der Waals surface area contributed by atoms with Crippen molar-refractivity contribution in [2.24, 2.45) is 5.92 Å². The molecule has 2 aliphatic carbocycles. The Hall–Kier alpha value is -0.120. The summed E-state index contributed by atoms with van der Waals surface area (Å²) in [6.45, 7) is 9.87. The zero-order valence-electron chi connectivity index (χ0n) is 13.4. The second-order valence-electron chi connectivity index (χ2n) is 7.44. The van der Waals surface area contributed by atoms with E-state index in [1.54, 1.807) is 0 Å². The SMILES string of the molecule is CCOCCN1CC2(CCCCC2)NCC1(C)C1CC1. The molecule has 1 aliphatic heterocycles. The maximum absolute atomic E-state index is 5.64. The molecule has 1 atom stereocenters. The van der Waals surface area contributed by atoms with Crippen molar-refractivity contribution >= 4 is 0 Å². The average molecular weight is 280 g/mol. The van der Waals surface area contributed by atoms with Crippen LogP contribution in [0.1, 0.15) is 58.8 Å². The highest BCUT2D eigenvalue weighted by Gasteiger charge is 2.51. The van der Waals surface area contributed by atoms with Crippen LogP contribution >= 0.6 is 0 Å². The van der Waals surface area contributed by atoms with Gasteiger partial charge in [0, 0.05) is 37.3 Å². The van der Waals surface area contributed by atoms with Gasteiger partial charge in [-0.05, 0) is 45.4 Å². The van der Waals surface area contributed by atoms with E-state index in [-0.39, 0.29) is 0 Å². The van der Waals surface area contributed by atoms with Crippen LogP contribution in [-0.2, 0) is 4.74 Å². The van der Waals surface area contributed by atoms with Gasteiger partial charge in [0.1, 0.15) is 0 Å². The number of rotatable bonds is 5. The van der Waals surface area contributed by atoms with E-state index in [4.69, 9.17) is 4.74 Å². The standard InChI is InChI=1S/C17H32N2O/c1-3-20-12-11-19-14-17(9-5-4-6-10-17)18-13-16(19,2)15-7-8-15/h15,18H,3-14H2,1-2H3. The van der Waals surface area contributed by atoms with Crippen molar-refractivity contribution < 1.29 is 4.74 Å². The summed E-state index contributed by atoms with van der Waals surface area (Å²) in [7, 11) is 0. The quantitative estimate of drug-likeness (QED) is 0.784. The van der Waals surface area contributed by atoms with Gasteiger partial charge in [-0.1, -0.05) is 19.3 Å². The van der Waals surface area contributed by atoms with Crippen LogP contribution in [0.2, 0.25) is 0 Å². The molecule has 0 aromatic carbocycles. The molecule has 0 aromatic heterocycles. The predicted octanol–water partition coefficient (Wildman–Crippen LogP) is 2.80. The molecule has 3 fully saturated rings. The zero-order valence-corrected chi connectivity index (χ0v) is 13.4. The lowest BCUT2D eigenvalue weighted by atomic mass is 9.76. The molecule has 1 heterocycles. The first-order chi connectivity index (χ1) is 9.69. The minimum Gasteiger partial charge on any atom is -0.380 e. The Balaban J connectivity index is 1.67. The number of nitrogens with zero attached hydrogens (tertiary/aromatic N) is 1. The van der Waals surface area contributed by atoms with E-state index in [2.05, 4.69) is 24.1 Å². The lowest BCUT2D eigenvalue weighted by Crippen LogP contribution is -2.70. The average Bonchev–Trinajstić information content (AvgIpc) is 3.29. The third-order valence-corrected chi connectivity index (χ3v) is 6.01. The Morgan fingerprint density at radius 3 is 2.60 bits per heavy atom. The highest BCUT2D eigenvalue weighted by Crippen LogP contribution is 2.46. The van der Waals surface area contributed by atoms with Crippen LogP contribution in [-0.4, -0.2) is 48.8 Å². The third kappa shape index (κ3) is 2.90. The number of piperazine rings is 1. The fourth-order valence-corrected chi connectivity index (χ4v) is 4.40. The van der Waals surface area contributed by atoms with Crippen LogP contribution < -0.4 is 5.32 Å². The molecule has 3 nitrogen and oxygen atoms in total. The van der Waals surface area contributed by atoms with Crippen LogP contribution in [0.4, 0.5) is 0 Å². The normalized spacial score (nSPS) is 34.5. The Morgan fingerprint density at radius 1 is 1.20 bits per heavy atom. The number of nitrogens with one attached hydrogen (secondary N) is 1. The van der Waals surface area contributed by atoms with E-state index in [0.717, 1.165) is 25.7 Å². The van der Waals surface area contributed by atoms with Crippen molar-refractivity contribution in [2.45, 2.75) is 69.9 Å². The maximum atomic E-state index is 5.64. The summed E-state index contributed by atoms with van der Waals surface area (Å²) in [5, 5.41) is 3.98. The monoisotopic (exact) mass is 280 g/mol. The second-order valence-corrected chi connectivity index (χ2v) is 7.44. The molecular weight excluding hydrogens is 248 g/mol.